The van der Waals surface area contributed by atoms with Crippen molar-refractivity contribution in [2.24, 2.45) is 23.7 Å². The van der Waals surface area contributed by atoms with E-state index in [2.05, 4.69) is 158 Å². The van der Waals surface area contributed by atoms with Gasteiger partial charge in [-0.05, 0) is 118 Å². The number of rotatable bonds is 5. The monoisotopic (exact) mass is 758 g/mol. The lowest BCUT2D eigenvalue weighted by atomic mass is 9.43. The number of benzene rings is 6. The van der Waals surface area contributed by atoms with E-state index in [1.807, 2.05) is 12.3 Å². The molecule has 59 heavy (non-hydrogen) atoms. The average molecular weight is 759 g/mol. The summed E-state index contributed by atoms with van der Waals surface area (Å²) >= 11 is 0. The Hall–Kier alpha value is -6.52. The van der Waals surface area contributed by atoms with Crippen LogP contribution in [0.25, 0.3) is 56.5 Å². The molecule has 4 heteroatoms. The molecule has 4 nitrogen and oxygen atoms in total. The van der Waals surface area contributed by atoms with E-state index < -0.39 is 5.41 Å². The Kier molecular flexibility index (Phi) is 7.08. The number of hydrogen-bond acceptors (Lipinski definition) is 4. The number of fused-ring (bicyclic) bond motifs is 6. The summed E-state index contributed by atoms with van der Waals surface area (Å²) in [5.74, 6) is 5.18. The molecule has 282 valence electrons. The van der Waals surface area contributed by atoms with Crippen LogP contribution in [0.1, 0.15) is 65.5 Å². The molecule has 1 spiro atoms. The van der Waals surface area contributed by atoms with Gasteiger partial charge in [-0.1, -0.05) is 146 Å². The van der Waals surface area contributed by atoms with Gasteiger partial charge < -0.3 is 0 Å². The minimum atomic E-state index is -0.517. The Balaban J connectivity index is 1.01. The zero-order valence-corrected chi connectivity index (χ0v) is 32.8. The third kappa shape index (κ3) is 4.60. The fraction of sp³-hybridized carbons (Fsp3) is 0.200. The van der Waals surface area contributed by atoms with Crippen molar-refractivity contribution in [2.75, 3.05) is 0 Å². The highest BCUT2D eigenvalue weighted by Gasteiger charge is 2.62. The topological polar surface area (TPSA) is 51.6 Å². The molecule has 0 aliphatic heterocycles. The largest absolute Gasteiger partial charge is 0.256 e. The van der Waals surface area contributed by atoms with Crippen LogP contribution in [0, 0.1) is 23.7 Å². The van der Waals surface area contributed by atoms with Gasteiger partial charge in [-0.2, -0.15) is 0 Å². The molecule has 4 fully saturated rings. The summed E-state index contributed by atoms with van der Waals surface area (Å²) in [6.07, 6.45) is 8.82. The van der Waals surface area contributed by atoms with E-state index in [1.54, 1.807) is 0 Å². The molecule has 0 saturated heterocycles. The molecule has 14 rings (SSSR count). The number of nitrogens with zero attached hydrogens (tertiary/aromatic N) is 4. The molecule has 4 saturated carbocycles. The first kappa shape index (κ1) is 33.5. The fourth-order valence-electron chi connectivity index (χ4n) is 13.1. The highest BCUT2D eigenvalue weighted by atomic mass is 15.0. The van der Waals surface area contributed by atoms with Gasteiger partial charge in [0.25, 0.3) is 0 Å². The Labute approximate surface area is 345 Å². The predicted octanol–water partition coefficient (Wildman–Crippen LogP) is 12.4. The molecule has 8 aromatic rings. The van der Waals surface area contributed by atoms with Crippen molar-refractivity contribution in [1.82, 2.24) is 19.9 Å². The van der Waals surface area contributed by atoms with Gasteiger partial charge in [0, 0.05) is 33.9 Å². The molecular formula is C55H42N4. The van der Waals surface area contributed by atoms with Crippen LogP contribution in [0.2, 0.25) is 0 Å². The molecule has 6 aliphatic rings. The van der Waals surface area contributed by atoms with Gasteiger partial charge in [0.15, 0.2) is 17.5 Å². The van der Waals surface area contributed by atoms with Gasteiger partial charge in [0.05, 0.1) is 11.1 Å². The maximum absolute atomic E-state index is 5.38. The summed E-state index contributed by atoms with van der Waals surface area (Å²) in [6.45, 7) is 0. The third-order valence-electron chi connectivity index (χ3n) is 15.0. The molecule has 2 aromatic heterocycles. The van der Waals surface area contributed by atoms with Crippen molar-refractivity contribution in [3.8, 4) is 56.5 Å². The van der Waals surface area contributed by atoms with Crippen molar-refractivity contribution in [2.45, 2.75) is 42.9 Å². The number of hydrogen-bond donors (Lipinski definition) is 0. The minimum absolute atomic E-state index is 0.0658. The van der Waals surface area contributed by atoms with Gasteiger partial charge in [0.2, 0.25) is 0 Å². The lowest BCUT2D eigenvalue weighted by Gasteiger charge is -2.61. The van der Waals surface area contributed by atoms with Gasteiger partial charge in [-0.25, -0.2) is 15.0 Å². The summed E-state index contributed by atoms with van der Waals surface area (Å²) in [5.41, 5.74) is 15.3. The van der Waals surface area contributed by atoms with E-state index in [4.69, 9.17) is 19.9 Å². The summed E-state index contributed by atoms with van der Waals surface area (Å²) in [4.78, 5) is 21.0. The van der Waals surface area contributed by atoms with E-state index in [-0.39, 0.29) is 5.41 Å². The van der Waals surface area contributed by atoms with Crippen molar-refractivity contribution >= 4 is 0 Å². The van der Waals surface area contributed by atoms with Crippen LogP contribution in [-0.2, 0) is 10.8 Å². The Bertz CT molecular complexity index is 2890. The van der Waals surface area contributed by atoms with E-state index >= 15 is 0 Å². The van der Waals surface area contributed by atoms with Crippen LogP contribution < -0.4 is 0 Å². The molecule has 0 N–H and O–H groups in total. The third-order valence-corrected chi connectivity index (χ3v) is 15.0. The fourth-order valence-corrected chi connectivity index (χ4v) is 13.1. The summed E-state index contributed by atoms with van der Waals surface area (Å²) in [7, 11) is 0. The zero-order chi connectivity index (χ0) is 38.7. The maximum Gasteiger partial charge on any atom is 0.164 e. The molecule has 0 unspecified atom stereocenters. The number of pyridine rings is 1. The van der Waals surface area contributed by atoms with E-state index in [1.165, 1.54) is 82.2 Å². The standard InChI is InChI=1S/C55H42N4/c1-4-13-36(14-5-1)51-57-52(37-23-25-47-45(32-37)50-48(21-12-26-56-50)55(47)41-28-34-27-35(30-41)31-42(55)29-34)59-53(58-51)38-22-24-44-43-19-10-11-20-46(43)54(49(44)33-38,39-15-6-2-7-16-39)40-17-8-3-9-18-40/h1-26,32-35,41-42H,27-31H2. The Morgan fingerprint density at radius 1 is 0.390 bits per heavy atom. The average Bonchev–Trinajstić information content (AvgIpc) is 3.76. The van der Waals surface area contributed by atoms with Crippen LogP contribution in [0.4, 0.5) is 0 Å². The first-order valence-electron chi connectivity index (χ1n) is 21.5. The normalized spacial score (nSPS) is 23.5. The summed E-state index contributed by atoms with van der Waals surface area (Å²) in [6, 6.07) is 59.7. The van der Waals surface area contributed by atoms with Gasteiger partial charge >= 0.3 is 0 Å². The van der Waals surface area contributed by atoms with Crippen molar-refractivity contribution < 1.29 is 0 Å². The minimum Gasteiger partial charge on any atom is -0.256 e. The van der Waals surface area contributed by atoms with Gasteiger partial charge in [-0.15, -0.1) is 0 Å². The maximum atomic E-state index is 5.38. The molecule has 6 aliphatic carbocycles. The first-order valence-corrected chi connectivity index (χ1v) is 21.5. The van der Waals surface area contributed by atoms with Gasteiger partial charge in [0.1, 0.15) is 0 Å². The van der Waals surface area contributed by atoms with Crippen LogP contribution in [-0.4, -0.2) is 19.9 Å². The van der Waals surface area contributed by atoms with Crippen molar-refractivity contribution in [1.29, 1.82) is 0 Å². The number of aromatic nitrogens is 4. The summed E-state index contributed by atoms with van der Waals surface area (Å²) < 4.78 is 0. The molecule has 0 radical (unpaired) electrons. The molecular weight excluding hydrogens is 717 g/mol. The SMILES string of the molecule is c1ccc(-c2nc(-c3ccc4c(c3)-c3ncccc3C43C4CC5CC(C4)CC3C5)nc(-c3ccc4c(c3)C(c3ccccc3)(c3ccccc3)c3ccccc3-4)n2)cc1. The highest BCUT2D eigenvalue weighted by molar-refractivity contribution is 5.88. The second-order valence-corrected chi connectivity index (χ2v) is 17.8. The Morgan fingerprint density at radius 2 is 0.932 bits per heavy atom. The molecule has 4 bridgehead atoms. The van der Waals surface area contributed by atoms with E-state index in [0.717, 1.165) is 34.2 Å². The zero-order valence-electron chi connectivity index (χ0n) is 32.8. The van der Waals surface area contributed by atoms with Crippen LogP contribution in [0.5, 0.6) is 0 Å². The molecule has 2 heterocycles. The van der Waals surface area contributed by atoms with Crippen molar-refractivity contribution in [3.05, 3.63) is 203 Å². The van der Waals surface area contributed by atoms with Crippen molar-refractivity contribution in [3.63, 3.8) is 0 Å². The second kappa shape index (κ2) is 12.5. The van der Waals surface area contributed by atoms with Crippen LogP contribution in [0.15, 0.2) is 170 Å². The smallest absolute Gasteiger partial charge is 0.164 e. The predicted molar refractivity (Wildman–Crippen MR) is 234 cm³/mol. The Morgan fingerprint density at radius 3 is 1.61 bits per heavy atom. The van der Waals surface area contributed by atoms with E-state index in [0.29, 0.717) is 29.3 Å². The second-order valence-electron chi connectivity index (χ2n) is 17.8. The highest BCUT2D eigenvalue weighted by Crippen LogP contribution is 2.69. The van der Waals surface area contributed by atoms with Crippen LogP contribution >= 0.6 is 0 Å². The molecule has 6 aromatic carbocycles. The lowest BCUT2D eigenvalue weighted by Crippen LogP contribution is -2.55. The van der Waals surface area contributed by atoms with Crippen LogP contribution in [0.3, 0.4) is 0 Å². The molecule has 0 atom stereocenters. The van der Waals surface area contributed by atoms with Gasteiger partial charge in [-0.3, -0.25) is 4.98 Å². The van der Waals surface area contributed by atoms with E-state index in [9.17, 15) is 0 Å². The molecule has 0 amide bonds. The summed E-state index contributed by atoms with van der Waals surface area (Å²) in [5, 5.41) is 0. The quantitative estimate of drug-likeness (QED) is 0.175. The first-order chi connectivity index (χ1) is 29.2. The lowest BCUT2D eigenvalue weighted by molar-refractivity contribution is -0.0400.